The minimum Gasteiger partial charge on any atom is -0.479 e. The van der Waals surface area contributed by atoms with Crippen LogP contribution < -0.4 is 15.0 Å². The Morgan fingerprint density at radius 3 is 2.54 bits per heavy atom. The summed E-state index contributed by atoms with van der Waals surface area (Å²) in [5, 5.41) is 2.66. The van der Waals surface area contributed by atoms with Gasteiger partial charge in [-0.05, 0) is 37.3 Å². The van der Waals surface area contributed by atoms with Gasteiger partial charge in [0.05, 0.1) is 16.3 Å². The van der Waals surface area contributed by atoms with Gasteiger partial charge in [0.25, 0.3) is 5.91 Å². The molecule has 7 nitrogen and oxygen atoms in total. The summed E-state index contributed by atoms with van der Waals surface area (Å²) in [6, 6.07) is 10.9. The SMILES string of the molecule is C[C@H]1Oc2ccc(S(=O)(=O)N3CCN(c4ccccc4F)CC3)cc2NC1=O. The van der Waals surface area contributed by atoms with Crippen molar-refractivity contribution in [1.82, 2.24) is 4.31 Å². The van der Waals surface area contributed by atoms with E-state index in [1.807, 2.05) is 4.90 Å². The molecule has 2 aliphatic heterocycles. The van der Waals surface area contributed by atoms with E-state index in [4.69, 9.17) is 4.74 Å². The predicted molar refractivity (Wildman–Crippen MR) is 103 cm³/mol. The number of anilines is 2. The molecule has 0 aliphatic carbocycles. The van der Waals surface area contributed by atoms with Gasteiger partial charge in [0.15, 0.2) is 6.10 Å². The lowest BCUT2D eigenvalue weighted by molar-refractivity contribution is -0.122. The van der Waals surface area contributed by atoms with Gasteiger partial charge in [-0.1, -0.05) is 12.1 Å². The summed E-state index contributed by atoms with van der Waals surface area (Å²) in [5.74, 6) is -0.200. The van der Waals surface area contributed by atoms with Gasteiger partial charge in [-0.15, -0.1) is 0 Å². The van der Waals surface area contributed by atoms with Crippen molar-refractivity contribution >= 4 is 27.3 Å². The molecule has 1 N–H and O–H groups in total. The van der Waals surface area contributed by atoms with Gasteiger partial charge >= 0.3 is 0 Å². The molecule has 0 aromatic heterocycles. The third-order valence-corrected chi connectivity index (χ3v) is 6.85. The molecule has 148 valence electrons. The van der Waals surface area contributed by atoms with E-state index in [1.165, 1.54) is 22.5 Å². The number of piperazine rings is 1. The van der Waals surface area contributed by atoms with Gasteiger partial charge < -0.3 is 15.0 Å². The zero-order valence-electron chi connectivity index (χ0n) is 15.3. The Bertz CT molecular complexity index is 1020. The molecule has 0 bridgehead atoms. The zero-order chi connectivity index (χ0) is 19.9. The Hall–Kier alpha value is -2.65. The van der Waals surface area contributed by atoms with Crippen LogP contribution in [0.3, 0.4) is 0 Å². The first kappa shape index (κ1) is 18.7. The lowest BCUT2D eigenvalue weighted by Gasteiger charge is -2.35. The number of nitrogens with zero attached hydrogens (tertiary/aromatic N) is 2. The molecular formula is C19H20FN3O4S. The number of fused-ring (bicyclic) bond motifs is 1. The highest BCUT2D eigenvalue weighted by molar-refractivity contribution is 7.89. The molecule has 0 saturated carbocycles. The number of para-hydroxylation sites is 1. The molecule has 0 spiro atoms. The summed E-state index contributed by atoms with van der Waals surface area (Å²) in [4.78, 5) is 13.7. The summed E-state index contributed by atoms with van der Waals surface area (Å²) >= 11 is 0. The maximum absolute atomic E-state index is 14.0. The lowest BCUT2D eigenvalue weighted by atomic mass is 10.2. The van der Waals surface area contributed by atoms with E-state index in [0.717, 1.165) is 0 Å². The number of carbonyl (C=O) groups is 1. The average Bonchev–Trinajstić information content (AvgIpc) is 2.69. The molecule has 0 unspecified atom stereocenters. The standard InChI is InChI=1S/C19H20FN3O4S/c1-13-19(24)21-16-12-14(6-7-18(16)27-13)28(25,26)23-10-8-22(9-11-23)17-5-3-2-4-15(17)20/h2-7,12-13H,8-11H2,1H3,(H,21,24)/t13-/m1/s1. The Morgan fingerprint density at radius 1 is 1.11 bits per heavy atom. The minimum atomic E-state index is -3.74. The number of sulfonamides is 1. The van der Waals surface area contributed by atoms with Crippen molar-refractivity contribution in [2.75, 3.05) is 36.4 Å². The molecule has 28 heavy (non-hydrogen) atoms. The normalized spacial score (nSPS) is 20.3. The van der Waals surface area contributed by atoms with E-state index < -0.39 is 16.1 Å². The number of carbonyl (C=O) groups excluding carboxylic acids is 1. The number of hydrogen-bond donors (Lipinski definition) is 1. The third-order valence-electron chi connectivity index (χ3n) is 4.95. The first-order chi connectivity index (χ1) is 13.4. The molecule has 1 amide bonds. The van der Waals surface area contributed by atoms with Gasteiger partial charge in [0.1, 0.15) is 11.6 Å². The Kier molecular flexibility index (Phi) is 4.72. The fourth-order valence-corrected chi connectivity index (χ4v) is 4.82. The zero-order valence-corrected chi connectivity index (χ0v) is 16.1. The Morgan fingerprint density at radius 2 is 1.82 bits per heavy atom. The lowest BCUT2D eigenvalue weighted by Crippen LogP contribution is -2.48. The van der Waals surface area contributed by atoms with Crippen LogP contribution >= 0.6 is 0 Å². The van der Waals surface area contributed by atoms with Gasteiger partial charge in [0.2, 0.25) is 10.0 Å². The maximum Gasteiger partial charge on any atom is 0.265 e. The monoisotopic (exact) mass is 405 g/mol. The Labute approximate surface area is 162 Å². The summed E-state index contributed by atoms with van der Waals surface area (Å²) < 4.78 is 46.8. The van der Waals surface area contributed by atoms with Crippen molar-refractivity contribution in [3.05, 3.63) is 48.3 Å². The quantitative estimate of drug-likeness (QED) is 0.846. The molecular weight excluding hydrogens is 385 g/mol. The number of rotatable bonds is 3. The van der Waals surface area contributed by atoms with Crippen LogP contribution in [0.15, 0.2) is 47.4 Å². The van der Waals surface area contributed by atoms with Gasteiger partial charge in [0, 0.05) is 26.2 Å². The van der Waals surface area contributed by atoms with E-state index in [2.05, 4.69) is 5.32 Å². The second-order valence-corrected chi connectivity index (χ2v) is 8.69. The van der Waals surface area contributed by atoms with Crippen LogP contribution in [0.1, 0.15) is 6.92 Å². The number of amides is 1. The van der Waals surface area contributed by atoms with E-state index in [-0.39, 0.29) is 29.7 Å². The van der Waals surface area contributed by atoms with E-state index in [1.54, 1.807) is 31.2 Å². The van der Waals surface area contributed by atoms with Crippen LogP contribution in [0, 0.1) is 5.82 Å². The Balaban J connectivity index is 1.52. The van der Waals surface area contributed by atoms with Crippen LogP contribution in [-0.2, 0) is 14.8 Å². The van der Waals surface area contributed by atoms with Gasteiger partial charge in [-0.2, -0.15) is 4.31 Å². The topological polar surface area (TPSA) is 79.0 Å². The van der Waals surface area contributed by atoms with Crippen LogP contribution in [0.4, 0.5) is 15.8 Å². The molecule has 2 aromatic carbocycles. The third kappa shape index (κ3) is 3.31. The van der Waals surface area contributed by atoms with Crippen molar-refractivity contribution in [3.63, 3.8) is 0 Å². The molecule has 1 atom stereocenters. The van der Waals surface area contributed by atoms with Crippen molar-refractivity contribution in [2.45, 2.75) is 17.9 Å². The fourth-order valence-electron chi connectivity index (χ4n) is 3.37. The molecule has 2 aromatic rings. The second-order valence-electron chi connectivity index (χ2n) is 6.75. The van der Waals surface area contributed by atoms with Gasteiger partial charge in [-0.25, -0.2) is 12.8 Å². The second kappa shape index (κ2) is 7.06. The molecule has 2 aliphatic rings. The number of ether oxygens (including phenoxy) is 1. The molecule has 2 heterocycles. The van der Waals surface area contributed by atoms with Crippen molar-refractivity contribution in [3.8, 4) is 5.75 Å². The minimum absolute atomic E-state index is 0.0871. The van der Waals surface area contributed by atoms with Crippen LogP contribution in [-0.4, -0.2) is 50.9 Å². The number of hydrogen-bond acceptors (Lipinski definition) is 5. The number of benzene rings is 2. The first-order valence-electron chi connectivity index (χ1n) is 8.97. The summed E-state index contributed by atoms with van der Waals surface area (Å²) in [7, 11) is -3.74. The number of halogens is 1. The summed E-state index contributed by atoms with van der Waals surface area (Å²) in [5.41, 5.74) is 0.816. The molecule has 1 saturated heterocycles. The summed E-state index contributed by atoms with van der Waals surface area (Å²) in [6.07, 6.45) is -0.624. The highest BCUT2D eigenvalue weighted by atomic mass is 32.2. The van der Waals surface area contributed by atoms with Crippen LogP contribution in [0.25, 0.3) is 0 Å². The highest BCUT2D eigenvalue weighted by Crippen LogP contribution is 2.33. The van der Waals surface area contributed by atoms with Crippen LogP contribution in [0.2, 0.25) is 0 Å². The predicted octanol–water partition coefficient (Wildman–Crippen LogP) is 2.06. The number of nitrogens with one attached hydrogen (secondary N) is 1. The highest BCUT2D eigenvalue weighted by Gasteiger charge is 2.31. The van der Waals surface area contributed by atoms with E-state index in [0.29, 0.717) is 30.2 Å². The fraction of sp³-hybridized carbons (Fsp3) is 0.316. The molecule has 4 rings (SSSR count). The van der Waals surface area contributed by atoms with E-state index in [9.17, 15) is 17.6 Å². The molecule has 1 fully saturated rings. The maximum atomic E-state index is 14.0. The van der Waals surface area contributed by atoms with Crippen molar-refractivity contribution in [2.24, 2.45) is 0 Å². The first-order valence-corrected chi connectivity index (χ1v) is 10.4. The van der Waals surface area contributed by atoms with Crippen molar-refractivity contribution in [1.29, 1.82) is 0 Å². The molecule has 0 radical (unpaired) electrons. The van der Waals surface area contributed by atoms with Crippen molar-refractivity contribution < 1.29 is 22.3 Å². The van der Waals surface area contributed by atoms with Crippen LogP contribution in [0.5, 0.6) is 5.75 Å². The average molecular weight is 405 g/mol. The smallest absolute Gasteiger partial charge is 0.265 e. The summed E-state index contributed by atoms with van der Waals surface area (Å²) in [6.45, 7) is 2.89. The van der Waals surface area contributed by atoms with Gasteiger partial charge in [-0.3, -0.25) is 4.79 Å². The molecule has 9 heteroatoms. The van der Waals surface area contributed by atoms with E-state index >= 15 is 0 Å². The largest absolute Gasteiger partial charge is 0.479 e.